The minimum absolute atomic E-state index is 0.0138. The third kappa shape index (κ3) is 3.52. The molecule has 136 valence electrons. The Morgan fingerprint density at radius 3 is 2.73 bits per heavy atom. The molecular weight excluding hydrogens is 332 g/mol. The van der Waals surface area contributed by atoms with Crippen molar-refractivity contribution < 1.29 is 24.5 Å². The predicted octanol–water partition coefficient (Wildman–Crippen LogP) is 4.32. The smallest absolute Gasteiger partial charge is 0.170 e. The van der Waals surface area contributed by atoms with Crippen molar-refractivity contribution in [3.05, 3.63) is 58.7 Å². The summed E-state index contributed by atoms with van der Waals surface area (Å²) in [6.45, 7) is 4.00. The van der Waals surface area contributed by atoms with E-state index < -0.39 is 6.10 Å². The molecule has 1 aliphatic heterocycles. The van der Waals surface area contributed by atoms with Crippen LogP contribution in [-0.4, -0.2) is 23.1 Å². The van der Waals surface area contributed by atoms with E-state index >= 15 is 0 Å². The molecule has 5 nitrogen and oxygen atoms in total. The van der Waals surface area contributed by atoms with Gasteiger partial charge in [-0.2, -0.15) is 0 Å². The number of hydrogen-bond donors (Lipinski definition) is 2. The highest BCUT2D eigenvalue weighted by atomic mass is 16.5. The fraction of sp³-hybridized carbons (Fsp3) is 0.286. The first-order chi connectivity index (χ1) is 12.4. The van der Waals surface area contributed by atoms with Gasteiger partial charge >= 0.3 is 0 Å². The molecule has 3 rings (SSSR count). The molecule has 1 unspecified atom stereocenters. The van der Waals surface area contributed by atoms with Crippen LogP contribution in [0.5, 0.6) is 23.0 Å². The second-order valence-electron chi connectivity index (χ2n) is 6.63. The highest BCUT2D eigenvalue weighted by Crippen LogP contribution is 2.40. The van der Waals surface area contributed by atoms with Crippen LogP contribution < -0.4 is 9.47 Å². The molecular formula is C21H22O5. The van der Waals surface area contributed by atoms with Crippen LogP contribution in [0.15, 0.2) is 42.0 Å². The van der Waals surface area contributed by atoms with Gasteiger partial charge in [0.05, 0.1) is 19.1 Å². The predicted molar refractivity (Wildman–Crippen MR) is 98.2 cm³/mol. The van der Waals surface area contributed by atoms with Crippen LogP contribution >= 0.6 is 0 Å². The average molecular weight is 354 g/mol. The fourth-order valence-corrected chi connectivity index (χ4v) is 3.08. The second kappa shape index (κ2) is 7.12. The topological polar surface area (TPSA) is 76.0 Å². The van der Waals surface area contributed by atoms with E-state index in [1.807, 2.05) is 26.0 Å². The molecule has 0 spiro atoms. The Kier molecular flexibility index (Phi) is 4.89. The fourth-order valence-electron chi connectivity index (χ4n) is 3.08. The van der Waals surface area contributed by atoms with Gasteiger partial charge in [0.2, 0.25) is 0 Å². The molecule has 1 atom stereocenters. The van der Waals surface area contributed by atoms with E-state index in [0.717, 1.165) is 11.1 Å². The molecule has 1 aliphatic rings. The van der Waals surface area contributed by atoms with Crippen molar-refractivity contribution in [2.24, 2.45) is 0 Å². The van der Waals surface area contributed by atoms with Crippen LogP contribution in [0, 0.1) is 0 Å². The quantitative estimate of drug-likeness (QED) is 0.800. The summed E-state index contributed by atoms with van der Waals surface area (Å²) < 4.78 is 11.3. The number of benzene rings is 2. The molecule has 0 bridgehead atoms. The SMILES string of the molecule is COc1c(O)cc(C2CC(=O)c3ccc(O)cc3O2)cc1CC=C(C)C. The van der Waals surface area contributed by atoms with Crippen molar-refractivity contribution in [3.63, 3.8) is 0 Å². The first-order valence-corrected chi connectivity index (χ1v) is 8.45. The van der Waals surface area contributed by atoms with E-state index in [9.17, 15) is 15.0 Å². The lowest BCUT2D eigenvalue weighted by atomic mass is 9.94. The third-order valence-electron chi connectivity index (χ3n) is 4.38. The molecule has 0 aliphatic carbocycles. The van der Waals surface area contributed by atoms with E-state index in [2.05, 4.69) is 0 Å². The summed E-state index contributed by atoms with van der Waals surface area (Å²) >= 11 is 0. The molecule has 0 fully saturated rings. The average Bonchev–Trinajstić information content (AvgIpc) is 2.58. The Balaban J connectivity index is 1.99. The number of ether oxygens (including phenoxy) is 2. The molecule has 0 radical (unpaired) electrons. The highest BCUT2D eigenvalue weighted by molar-refractivity contribution is 6.00. The summed E-state index contributed by atoms with van der Waals surface area (Å²) in [7, 11) is 1.51. The summed E-state index contributed by atoms with van der Waals surface area (Å²) in [5.74, 6) is 0.773. The van der Waals surface area contributed by atoms with Gasteiger partial charge < -0.3 is 19.7 Å². The zero-order chi connectivity index (χ0) is 18.8. The minimum atomic E-state index is -0.529. The van der Waals surface area contributed by atoms with Crippen molar-refractivity contribution in [2.75, 3.05) is 7.11 Å². The van der Waals surface area contributed by atoms with Gasteiger partial charge in [0.25, 0.3) is 0 Å². The Morgan fingerprint density at radius 1 is 1.27 bits per heavy atom. The number of hydrogen-bond acceptors (Lipinski definition) is 5. The zero-order valence-electron chi connectivity index (χ0n) is 15.1. The Hall–Kier alpha value is -2.95. The van der Waals surface area contributed by atoms with Crippen molar-refractivity contribution in [3.8, 4) is 23.0 Å². The molecule has 2 aromatic rings. The maximum absolute atomic E-state index is 12.4. The van der Waals surface area contributed by atoms with Crippen LogP contribution in [0.4, 0.5) is 0 Å². The van der Waals surface area contributed by atoms with E-state index in [1.165, 1.54) is 19.2 Å². The van der Waals surface area contributed by atoms with Gasteiger partial charge in [-0.3, -0.25) is 4.79 Å². The number of Topliss-reactive ketones (excluding diaryl/α,β-unsaturated/α-hetero) is 1. The van der Waals surface area contributed by atoms with Gasteiger partial charge in [0.15, 0.2) is 17.3 Å². The van der Waals surface area contributed by atoms with Crippen LogP contribution in [0.3, 0.4) is 0 Å². The molecule has 2 N–H and O–H groups in total. The Bertz CT molecular complexity index is 878. The van der Waals surface area contributed by atoms with Crippen molar-refractivity contribution in [2.45, 2.75) is 32.8 Å². The molecule has 26 heavy (non-hydrogen) atoms. The van der Waals surface area contributed by atoms with Gasteiger partial charge in [0.1, 0.15) is 17.6 Å². The molecule has 0 saturated heterocycles. The molecule has 5 heteroatoms. The highest BCUT2D eigenvalue weighted by Gasteiger charge is 2.29. The first-order valence-electron chi connectivity index (χ1n) is 8.45. The standard InChI is InChI=1S/C21H22O5/c1-12(2)4-5-13-8-14(9-18(24)21(13)25-3)19-11-17(23)16-7-6-15(22)10-20(16)26-19/h4,6-10,19,22,24H,5,11H2,1-3H3. The van der Waals surface area contributed by atoms with Crippen LogP contribution in [0.25, 0.3) is 0 Å². The van der Waals surface area contributed by atoms with E-state index in [1.54, 1.807) is 12.1 Å². The number of ketones is 1. The summed E-state index contributed by atoms with van der Waals surface area (Å²) in [4.78, 5) is 12.4. The Morgan fingerprint density at radius 2 is 2.04 bits per heavy atom. The summed E-state index contributed by atoms with van der Waals surface area (Å²) in [5, 5.41) is 20.0. The molecule has 0 aromatic heterocycles. The number of carbonyl (C=O) groups excluding carboxylic acids is 1. The van der Waals surface area contributed by atoms with Crippen molar-refractivity contribution in [1.82, 2.24) is 0 Å². The Labute approximate surface area is 152 Å². The molecule has 2 aromatic carbocycles. The van der Waals surface area contributed by atoms with Gasteiger partial charge in [-0.25, -0.2) is 0 Å². The number of phenols is 2. The van der Waals surface area contributed by atoms with Crippen molar-refractivity contribution in [1.29, 1.82) is 0 Å². The van der Waals surface area contributed by atoms with Crippen LogP contribution in [0.2, 0.25) is 0 Å². The third-order valence-corrected chi connectivity index (χ3v) is 4.38. The number of carbonyl (C=O) groups is 1. The number of rotatable bonds is 4. The van der Waals surface area contributed by atoms with Gasteiger partial charge in [-0.05, 0) is 50.1 Å². The monoisotopic (exact) mass is 354 g/mol. The lowest BCUT2D eigenvalue weighted by molar-refractivity contribution is 0.0849. The van der Waals surface area contributed by atoms with Gasteiger partial charge in [0, 0.05) is 11.6 Å². The molecule has 1 heterocycles. The number of allylic oxidation sites excluding steroid dienone is 2. The van der Waals surface area contributed by atoms with Crippen LogP contribution in [-0.2, 0) is 6.42 Å². The number of phenolic OH excluding ortho intramolecular Hbond substituents is 2. The maximum Gasteiger partial charge on any atom is 0.170 e. The molecule has 0 amide bonds. The minimum Gasteiger partial charge on any atom is -0.508 e. The summed E-state index contributed by atoms with van der Waals surface area (Å²) in [5.41, 5.74) is 3.14. The second-order valence-corrected chi connectivity index (χ2v) is 6.63. The van der Waals surface area contributed by atoms with E-state index in [4.69, 9.17) is 9.47 Å². The van der Waals surface area contributed by atoms with E-state index in [0.29, 0.717) is 29.0 Å². The van der Waals surface area contributed by atoms with Crippen LogP contribution in [0.1, 0.15) is 47.9 Å². The number of fused-ring (bicyclic) bond motifs is 1. The number of aromatic hydroxyl groups is 2. The first kappa shape index (κ1) is 17.9. The van der Waals surface area contributed by atoms with Gasteiger partial charge in [-0.1, -0.05) is 11.6 Å². The largest absolute Gasteiger partial charge is 0.508 e. The summed E-state index contributed by atoms with van der Waals surface area (Å²) in [6, 6.07) is 7.93. The normalized spacial score (nSPS) is 15.8. The lowest BCUT2D eigenvalue weighted by Gasteiger charge is -2.26. The number of methoxy groups -OCH3 is 1. The van der Waals surface area contributed by atoms with Gasteiger partial charge in [-0.15, -0.1) is 0 Å². The molecule has 0 saturated carbocycles. The lowest BCUT2D eigenvalue weighted by Crippen LogP contribution is -2.20. The summed E-state index contributed by atoms with van der Waals surface area (Å²) in [6.07, 6.45) is 2.29. The van der Waals surface area contributed by atoms with E-state index in [-0.39, 0.29) is 23.7 Å². The maximum atomic E-state index is 12.4. The zero-order valence-corrected chi connectivity index (χ0v) is 15.1. The van der Waals surface area contributed by atoms with Crippen molar-refractivity contribution >= 4 is 5.78 Å².